The molecule has 1 heterocycles. The molecule has 0 aliphatic carbocycles. The lowest BCUT2D eigenvalue weighted by atomic mass is 10.3. The number of sulfonamides is 1. The molecule has 2 aromatic rings. The first-order chi connectivity index (χ1) is 9.62. The predicted molar refractivity (Wildman–Crippen MR) is 78.0 cm³/mol. The van der Waals surface area contributed by atoms with Crippen LogP contribution in [0.5, 0.6) is 11.5 Å². The van der Waals surface area contributed by atoms with Crippen LogP contribution < -0.4 is 14.2 Å². The van der Waals surface area contributed by atoms with E-state index in [2.05, 4.69) is 4.72 Å². The van der Waals surface area contributed by atoms with Crippen LogP contribution in [-0.4, -0.2) is 28.7 Å². The highest BCUT2D eigenvalue weighted by molar-refractivity contribution is 7.91. The van der Waals surface area contributed by atoms with E-state index in [0.717, 1.165) is 0 Å². The molecule has 0 spiro atoms. The Morgan fingerprint density at radius 3 is 2.70 bits per heavy atom. The van der Waals surface area contributed by atoms with Crippen molar-refractivity contribution in [3.8, 4) is 11.5 Å². The van der Waals surface area contributed by atoms with Gasteiger partial charge in [0.2, 0.25) is 10.0 Å². The summed E-state index contributed by atoms with van der Waals surface area (Å²) in [5.74, 6) is 1.33. The average Bonchev–Trinajstić information content (AvgIpc) is 2.99. The van der Waals surface area contributed by atoms with Crippen molar-refractivity contribution in [3.63, 3.8) is 0 Å². The molecule has 0 aliphatic heterocycles. The maximum absolute atomic E-state index is 11.8. The van der Waals surface area contributed by atoms with E-state index < -0.39 is 10.0 Å². The number of nitrogens with one attached hydrogen (secondary N) is 1. The van der Waals surface area contributed by atoms with Crippen LogP contribution in [0.25, 0.3) is 0 Å². The highest BCUT2D eigenvalue weighted by atomic mass is 32.2. The second-order valence-corrected chi connectivity index (χ2v) is 6.80. The first kappa shape index (κ1) is 14.8. The van der Waals surface area contributed by atoms with E-state index in [1.54, 1.807) is 36.8 Å². The summed E-state index contributed by atoms with van der Waals surface area (Å²) in [5.41, 5.74) is 0. The summed E-state index contributed by atoms with van der Waals surface area (Å²) in [6.07, 6.45) is 0. The Hall–Kier alpha value is -1.57. The second kappa shape index (κ2) is 6.74. The lowest BCUT2D eigenvalue weighted by molar-refractivity contribution is 0.320. The molecule has 20 heavy (non-hydrogen) atoms. The van der Waals surface area contributed by atoms with E-state index in [0.29, 0.717) is 15.7 Å². The second-order valence-electron chi connectivity index (χ2n) is 3.86. The SMILES string of the molecule is COc1cccc(OCCNS(=O)(=O)c2cccs2)c1. The molecule has 0 unspecified atom stereocenters. The Balaban J connectivity index is 1.82. The minimum absolute atomic E-state index is 0.206. The van der Waals surface area contributed by atoms with E-state index in [-0.39, 0.29) is 13.2 Å². The highest BCUT2D eigenvalue weighted by Gasteiger charge is 2.13. The molecule has 0 saturated heterocycles. The first-order valence-corrected chi connectivity index (χ1v) is 8.28. The molecule has 1 aromatic carbocycles. The lowest BCUT2D eigenvalue weighted by Gasteiger charge is -2.08. The number of hydrogen-bond acceptors (Lipinski definition) is 5. The molecule has 1 N–H and O–H groups in total. The van der Waals surface area contributed by atoms with Gasteiger partial charge in [-0.1, -0.05) is 12.1 Å². The third-order valence-electron chi connectivity index (χ3n) is 2.46. The van der Waals surface area contributed by atoms with Crippen molar-refractivity contribution >= 4 is 21.4 Å². The van der Waals surface area contributed by atoms with Gasteiger partial charge in [-0.3, -0.25) is 0 Å². The predicted octanol–water partition coefficient (Wildman–Crippen LogP) is 2.11. The summed E-state index contributed by atoms with van der Waals surface area (Å²) >= 11 is 1.18. The smallest absolute Gasteiger partial charge is 0.250 e. The van der Waals surface area contributed by atoms with Gasteiger partial charge in [-0.2, -0.15) is 0 Å². The Kier molecular flexibility index (Phi) is 4.99. The van der Waals surface area contributed by atoms with Crippen LogP contribution in [0.1, 0.15) is 0 Å². The third kappa shape index (κ3) is 3.96. The van der Waals surface area contributed by atoms with Crippen molar-refractivity contribution in [1.82, 2.24) is 4.72 Å². The fraction of sp³-hybridized carbons (Fsp3) is 0.231. The van der Waals surface area contributed by atoms with Crippen molar-refractivity contribution < 1.29 is 17.9 Å². The van der Waals surface area contributed by atoms with Crippen LogP contribution in [0.2, 0.25) is 0 Å². The summed E-state index contributed by atoms with van der Waals surface area (Å²) in [5, 5.41) is 1.72. The summed E-state index contributed by atoms with van der Waals surface area (Å²) in [7, 11) is -1.84. The molecule has 7 heteroatoms. The van der Waals surface area contributed by atoms with Gasteiger partial charge in [0.25, 0.3) is 0 Å². The number of thiophene rings is 1. The Labute approximate surface area is 122 Å². The van der Waals surface area contributed by atoms with E-state index in [4.69, 9.17) is 9.47 Å². The van der Waals surface area contributed by atoms with Gasteiger partial charge in [0.05, 0.1) is 7.11 Å². The minimum atomic E-state index is -3.42. The molecule has 2 rings (SSSR count). The Morgan fingerprint density at radius 2 is 2.00 bits per heavy atom. The molecular formula is C13H15NO4S2. The zero-order valence-corrected chi connectivity index (χ0v) is 12.5. The number of hydrogen-bond donors (Lipinski definition) is 1. The molecule has 0 saturated carbocycles. The maximum Gasteiger partial charge on any atom is 0.250 e. The van der Waals surface area contributed by atoms with Gasteiger partial charge < -0.3 is 9.47 Å². The first-order valence-electron chi connectivity index (χ1n) is 5.92. The quantitative estimate of drug-likeness (QED) is 0.795. The van der Waals surface area contributed by atoms with Gasteiger partial charge in [0, 0.05) is 12.6 Å². The molecule has 0 bridgehead atoms. The normalized spacial score (nSPS) is 11.2. The van der Waals surface area contributed by atoms with Crippen LogP contribution in [0, 0.1) is 0 Å². The van der Waals surface area contributed by atoms with Gasteiger partial charge >= 0.3 is 0 Å². The van der Waals surface area contributed by atoms with Crippen LogP contribution in [0.3, 0.4) is 0 Å². The van der Waals surface area contributed by atoms with Crippen molar-refractivity contribution in [1.29, 1.82) is 0 Å². The van der Waals surface area contributed by atoms with Gasteiger partial charge in [-0.05, 0) is 23.6 Å². The molecule has 0 fully saturated rings. The van der Waals surface area contributed by atoms with E-state index in [1.807, 2.05) is 12.1 Å². The van der Waals surface area contributed by atoms with E-state index in [1.165, 1.54) is 11.3 Å². The summed E-state index contributed by atoms with van der Waals surface area (Å²) in [6.45, 7) is 0.454. The molecule has 0 amide bonds. The number of methoxy groups -OCH3 is 1. The van der Waals surface area contributed by atoms with Crippen molar-refractivity contribution in [2.75, 3.05) is 20.3 Å². The standard InChI is InChI=1S/C13H15NO4S2/c1-17-11-4-2-5-12(10-11)18-8-7-14-20(15,16)13-6-3-9-19-13/h2-6,9-10,14H,7-8H2,1H3. The molecule has 0 aliphatic rings. The zero-order chi connectivity index (χ0) is 14.4. The lowest BCUT2D eigenvalue weighted by Crippen LogP contribution is -2.27. The number of rotatable bonds is 7. The zero-order valence-electron chi connectivity index (χ0n) is 10.9. The van der Waals surface area contributed by atoms with Gasteiger partial charge in [0.15, 0.2) is 0 Å². The fourth-order valence-electron chi connectivity index (χ4n) is 1.52. The maximum atomic E-state index is 11.8. The molecule has 0 atom stereocenters. The molecule has 108 valence electrons. The summed E-state index contributed by atoms with van der Waals surface area (Å²) < 4.78 is 37.0. The average molecular weight is 313 g/mol. The Morgan fingerprint density at radius 1 is 1.20 bits per heavy atom. The number of ether oxygens (including phenoxy) is 2. The van der Waals surface area contributed by atoms with Crippen LogP contribution in [0.15, 0.2) is 46.0 Å². The molecular weight excluding hydrogens is 298 g/mol. The van der Waals surface area contributed by atoms with Crippen LogP contribution in [-0.2, 0) is 10.0 Å². The van der Waals surface area contributed by atoms with Gasteiger partial charge in [-0.25, -0.2) is 13.1 Å². The van der Waals surface area contributed by atoms with Crippen LogP contribution in [0.4, 0.5) is 0 Å². The minimum Gasteiger partial charge on any atom is -0.497 e. The largest absolute Gasteiger partial charge is 0.497 e. The van der Waals surface area contributed by atoms with Crippen LogP contribution >= 0.6 is 11.3 Å². The fourth-order valence-corrected chi connectivity index (χ4v) is 3.57. The van der Waals surface area contributed by atoms with Gasteiger partial charge in [0.1, 0.15) is 22.3 Å². The van der Waals surface area contributed by atoms with Gasteiger partial charge in [-0.15, -0.1) is 11.3 Å². The molecule has 1 aromatic heterocycles. The monoisotopic (exact) mass is 313 g/mol. The Bertz CT molecular complexity index is 638. The van der Waals surface area contributed by atoms with Crippen molar-refractivity contribution in [2.45, 2.75) is 4.21 Å². The molecule has 0 radical (unpaired) electrons. The number of benzene rings is 1. The van der Waals surface area contributed by atoms with Crippen molar-refractivity contribution in [2.24, 2.45) is 0 Å². The van der Waals surface area contributed by atoms with Crippen molar-refractivity contribution in [3.05, 3.63) is 41.8 Å². The summed E-state index contributed by atoms with van der Waals surface area (Å²) in [4.78, 5) is 0. The van der Waals surface area contributed by atoms with E-state index in [9.17, 15) is 8.42 Å². The third-order valence-corrected chi connectivity index (χ3v) is 5.32. The molecule has 5 nitrogen and oxygen atoms in total. The highest BCUT2D eigenvalue weighted by Crippen LogP contribution is 2.18. The summed E-state index contributed by atoms with van der Waals surface area (Å²) in [6, 6.07) is 10.4. The topological polar surface area (TPSA) is 64.6 Å². The van der Waals surface area contributed by atoms with E-state index >= 15 is 0 Å².